The third-order valence-electron chi connectivity index (χ3n) is 2.06. The standard InChI is InChI=1S/C9H11BrN2O2S/c10-7-1-2-8(15-7)12-9(13)6-5-14-4-3-11-6/h1-2,6,11H,3-5H2,(H,12,13). The van der Waals surface area contributed by atoms with E-state index in [-0.39, 0.29) is 11.9 Å². The summed E-state index contributed by atoms with van der Waals surface area (Å²) in [7, 11) is 0. The van der Waals surface area contributed by atoms with Crippen molar-refractivity contribution < 1.29 is 9.53 Å². The predicted octanol–water partition coefficient (Wildman–Crippen LogP) is 1.44. The highest BCUT2D eigenvalue weighted by molar-refractivity contribution is 9.11. The maximum Gasteiger partial charge on any atom is 0.244 e. The van der Waals surface area contributed by atoms with Gasteiger partial charge in [0, 0.05) is 6.54 Å². The predicted molar refractivity (Wildman–Crippen MR) is 63.3 cm³/mol. The smallest absolute Gasteiger partial charge is 0.244 e. The maximum absolute atomic E-state index is 11.7. The number of amides is 1. The molecule has 0 aliphatic carbocycles. The lowest BCUT2D eigenvalue weighted by molar-refractivity contribution is -0.120. The Kier molecular flexibility index (Phi) is 3.74. The van der Waals surface area contributed by atoms with Crippen LogP contribution >= 0.6 is 27.3 Å². The van der Waals surface area contributed by atoms with E-state index in [1.165, 1.54) is 11.3 Å². The number of carbonyl (C=O) groups excluding carboxylic acids is 1. The summed E-state index contributed by atoms with van der Waals surface area (Å²) < 4.78 is 6.22. The first-order valence-corrected chi connectivity index (χ1v) is 6.24. The van der Waals surface area contributed by atoms with Gasteiger partial charge in [-0.1, -0.05) is 0 Å². The maximum atomic E-state index is 11.7. The van der Waals surface area contributed by atoms with Gasteiger partial charge in [0.05, 0.1) is 22.0 Å². The second-order valence-corrected chi connectivity index (χ2v) is 5.64. The quantitative estimate of drug-likeness (QED) is 0.867. The van der Waals surface area contributed by atoms with Crippen molar-refractivity contribution in [1.29, 1.82) is 0 Å². The minimum absolute atomic E-state index is 0.0379. The molecule has 1 saturated heterocycles. The molecule has 1 fully saturated rings. The van der Waals surface area contributed by atoms with E-state index in [1.807, 2.05) is 12.1 Å². The Labute approximate surface area is 100 Å². The van der Waals surface area contributed by atoms with E-state index in [1.54, 1.807) is 0 Å². The van der Waals surface area contributed by atoms with Crippen LogP contribution in [0.25, 0.3) is 0 Å². The average Bonchev–Trinajstić information content (AvgIpc) is 2.65. The summed E-state index contributed by atoms with van der Waals surface area (Å²) in [6, 6.07) is 3.54. The molecule has 1 atom stereocenters. The van der Waals surface area contributed by atoms with Crippen molar-refractivity contribution in [2.75, 3.05) is 25.1 Å². The Morgan fingerprint density at radius 1 is 1.67 bits per heavy atom. The first kappa shape index (κ1) is 11.1. The summed E-state index contributed by atoms with van der Waals surface area (Å²) in [4.78, 5) is 11.7. The van der Waals surface area contributed by atoms with E-state index in [0.717, 1.165) is 15.3 Å². The molecule has 1 aliphatic heterocycles. The van der Waals surface area contributed by atoms with Gasteiger partial charge < -0.3 is 15.4 Å². The van der Waals surface area contributed by atoms with Gasteiger partial charge >= 0.3 is 0 Å². The number of nitrogens with one attached hydrogen (secondary N) is 2. The number of carbonyl (C=O) groups is 1. The molecule has 0 bridgehead atoms. The van der Waals surface area contributed by atoms with Crippen molar-refractivity contribution in [2.24, 2.45) is 0 Å². The number of thiophene rings is 1. The van der Waals surface area contributed by atoms with Crippen molar-refractivity contribution in [2.45, 2.75) is 6.04 Å². The van der Waals surface area contributed by atoms with Crippen molar-refractivity contribution in [1.82, 2.24) is 5.32 Å². The van der Waals surface area contributed by atoms with Gasteiger partial charge in [-0.05, 0) is 28.1 Å². The van der Waals surface area contributed by atoms with Gasteiger partial charge in [0.2, 0.25) is 5.91 Å². The van der Waals surface area contributed by atoms with E-state index >= 15 is 0 Å². The number of hydrogen-bond donors (Lipinski definition) is 2. The summed E-state index contributed by atoms with van der Waals surface area (Å²) in [5.74, 6) is -0.0379. The molecule has 1 aliphatic rings. The molecule has 2 rings (SSSR count). The molecule has 4 nitrogen and oxygen atoms in total. The Balaban J connectivity index is 1.91. The van der Waals surface area contributed by atoms with Crippen LogP contribution < -0.4 is 10.6 Å². The minimum Gasteiger partial charge on any atom is -0.378 e. The summed E-state index contributed by atoms with van der Waals surface area (Å²) in [6.45, 7) is 1.85. The lowest BCUT2D eigenvalue weighted by atomic mass is 10.2. The molecule has 0 spiro atoms. The van der Waals surface area contributed by atoms with Crippen LogP contribution in [0.3, 0.4) is 0 Å². The molecule has 0 saturated carbocycles. The number of ether oxygens (including phenoxy) is 1. The van der Waals surface area contributed by atoms with E-state index in [9.17, 15) is 4.79 Å². The van der Waals surface area contributed by atoms with Gasteiger partial charge in [0.15, 0.2) is 0 Å². The molecule has 2 N–H and O–H groups in total. The molecular formula is C9H11BrN2O2S. The van der Waals surface area contributed by atoms with Gasteiger partial charge in [-0.3, -0.25) is 4.79 Å². The molecule has 1 amide bonds. The first-order valence-electron chi connectivity index (χ1n) is 4.63. The van der Waals surface area contributed by atoms with Gasteiger partial charge in [0.25, 0.3) is 0 Å². The van der Waals surface area contributed by atoms with Crippen molar-refractivity contribution in [3.63, 3.8) is 0 Å². The van der Waals surface area contributed by atoms with Gasteiger partial charge in [-0.2, -0.15) is 0 Å². The van der Waals surface area contributed by atoms with Crippen molar-refractivity contribution in [3.8, 4) is 0 Å². The van der Waals surface area contributed by atoms with Crippen LogP contribution in [0.1, 0.15) is 0 Å². The molecule has 1 aromatic heterocycles. The zero-order chi connectivity index (χ0) is 10.7. The molecule has 0 radical (unpaired) electrons. The molecule has 1 unspecified atom stereocenters. The Hall–Kier alpha value is -0.430. The van der Waals surface area contributed by atoms with Crippen LogP contribution in [0.5, 0.6) is 0 Å². The van der Waals surface area contributed by atoms with Crippen LogP contribution in [0.4, 0.5) is 5.00 Å². The first-order chi connectivity index (χ1) is 7.25. The van der Waals surface area contributed by atoms with Gasteiger partial charge in [-0.25, -0.2) is 0 Å². The number of rotatable bonds is 2. The molecule has 0 aromatic carbocycles. The summed E-state index contributed by atoms with van der Waals surface area (Å²) >= 11 is 4.84. The fourth-order valence-corrected chi connectivity index (χ4v) is 2.61. The fourth-order valence-electron chi connectivity index (χ4n) is 1.32. The zero-order valence-electron chi connectivity index (χ0n) is 7.96. The molecule has 15 heavy (non-hydrogen) atoms. The lowest BCUT2D eigenvalue weighted by Gasteiger charge is -2.22. The van der Waals surface area contributed by atoms with E-state index < -0.39 is 0 Å². The monoisotopic (exact) mass is 290 g/mol. The largest absolute Gasteiger partial charge is 0.378 e. The Morgan fingerprint density at radius 3 is 3.13 bits per heavy atom. The third kappa shape index (κ3) is 3.01. The van der Waals surface area contributed by atoms with E-state index in [4.69, 9.17) is 4.74 Å². The number of hydrogen-bond acceptors (Lipinski definition) is 4. The lowest BCUT2D eigenvalue weighted by Crippen LogP contribution is -2.48. The topological polar surface area (TPSA) is 50.4 Å². The number of anilines is 1. The van der Waals surface area contributed by atoms with Gasteiger partial charge in [-0.15, -0.1) is 11.3 Å². The third-order valence-corrected chi connectivity index (χ3v) is 3.60. The molecular weight excluding hydrogens is 280 g/mol. The van der Waals surface area contributed by atoms with Crippen LogP contribution in [-0.4, -0.2) is 31.7 Å². The minimum atomic E-state index is -0.236. The normalized spacial score (nSPS) is 21.3. The number of halogens is 1. The van der Waals surface area contributed by atoms with Crippen LogP contribution in [0.15, 0.2) is 15.9 Å². The van der Waals surface area contributed by atoms with Crippen LogP contribution in [-0.2, 0) is 9.53 Å². The average molecular weight is 291 g/mol. The van der Waals surface area contributed by atoms with Crippen LogP contribution in [0.2, 0.25) is 0 Å². The molecule has 1 aromatic rings. The summed E-state index contributed by atoms with van der Waals surface area (Å²) in [6.07, 6.45) is 0. The summed E-state index contributed by atoms with van der Waals surface area (Å²) in [5, 5.41) is 6.79. The highest BCUT2D eigenvalue weighted by Gasteiger charge is 2.21. The van der Waals surface area contributed by atoms with Crippen LogP contribution in [0, 0.1) is 0 Å². The molecule has 2 heterocycles. The Bertz CT molecular complexity index is 350. The highest BCUT2D eigenvalue weighted by Crippen LogP contribution is 2.26. The van der Waals surface area contributed by atoms with E-state index in [0.29, 0.717) is 13.2 Å². The zero-order valence-corrected chi connectivity index (χ0v) is 10.4. The van der Waals surface area contributed by atoms with Crippen molar-refractivity contribution in [3.05, 3.63) is 15.9 Å². The Morgan fingerprint density at radius 2 is 2.53 bits per heavy atom. The summed E-state index contributed by atoms with van der Waals surface area (Å²) in [5.41, 5.74) is 0. The molecule has 82 valence electrons. The highest BCUT2D eigenvalue weighted by atomic mass is 79.9. The SMILES string of the molecule is O=C(Nc1ccc(Br)s1)C1COCCN1. The van der Waals surface area contributed by atoms with E-state index in [2.05, 4.69) is 26.6 Å². The second kappa shape index (κ2) is 5.07. The van der Waals surface area contributed by atoms with Crippen molar-refractivity contribution >= 4 is 38.2 Å². The number of morpholine rings is 1. The van der Waals surface area contributed by atoms with Gasteiger partial charge in [0.1, 0.15) is 6.04 Å². The second-order valence-electron chi connectivity index (χ2n) is 3.17. The molecule has 6 heteroatoms. The fraction of sp³-hybridized carbons (Fsp3) is 0.444.